The highest BCUT2D eigenvalue weighted by molar-refractivity contribution is 7.89. The van der Waals surface area contributed by atoms with E-state index < -0.39 is 39.2 Å². The van der Waals surface area contributed by atoms with Crippen LogP contribution in [0.2, 0.25) is 0 Å². The maximum absolute atomic E-state index is 13.7. The van der Waals surface area contributed by atoms with Gasteiger partial charge in [-0.1, -0.05) is 0 Å². The van der Waals surface area contributed by atoms with Gasteiger partial charge in [0.15, 0.2) is 11.6 Å². The molecule has 0 amide bonds. The molecule has 20 heavy (non-hydrogen) atoms. The van der Waals surface area contributed by atoms with Crippen molar-refractivity contribution in [1.82, 2.24) is 4.31 Å². The summed E-state index contributed by atoms with van der Waals surface area (Å²) in [5.41, 5.74) is 5.16. The second kappa shape index (κ2) is 5.60. The number of aliphatic hydroxyl groups is 1. The smallest absolute Gasteiger partial charge is 0.246 e. The van der Waals surface area contributed by atoms with Crippen molar-refractivity contribution in [2.45, 2.75) is 10.9 Å². The van der Waals surface area contributed by atoms with Crippen LogP contribution in [0.3, 0.4) is 0 Å². The first kappa shape index (κ1) is 15.1. The molecule has 1 atom stereocenters. The van der Waals surface area contributed by atoms with Crippen molar-refractivity contribution in [1.29, 1.82) is 0 Å². The highest BCUT2D eigenvalue weighted by Crippen LogP contribution is 2.26. The van der Waals surface area contributed by atoms with E-state index in [1.807, 2.05) is 0 Å². The molecule has 1 aromatic carbocycles. The zero-order valence-corrected chi connectivity index (χ0v) is 11.2. The van der Waals surface area contributed by atoms with Crippen LogP contribution >= 0.6 is 0 Å². The molecule has 1 aliphatic heterocycles. The van der Waals surface area contributed by atoms with Gasteiger partial charge in [0.2, 0.25) is 10.0 Å². The number of anilines is 1. The average Bonchev–Trinajstić information content (AvgIpc) is 2.42. The van der Waals surface area contributed by atoms with Gasteiger partial charge in [0, 0.05) is 12.2 Å². The molecule has 1 heterocycles. The Labute approximate surface area is 114 Å². The molecular weight excluding hydrogens is 294 g/mol. The highest BCUT2D eigenvalue weighted by Gasteiger charge is 2.36. The van der Waals surface area contributed by atoms with Crippen molar-refractivity contribution < 1.29 is 27.0 Å². The summed E-state index contributed by atoms with van der Waals surface area (Å²) in [5.74, 6) is -2.82. The summed E-state index contributed by atoms with van der Waals surface area (Å²) in [4.78, 5) is -0.838. The lowest BCUT2D eigenvalue weighted by Gasteiger charge is -2.33. The first-order valence-electron chi connectivity index (χ1n) is 5.83. The minimum atomic E-state index is -4.30. The number of hydrogen-bond acceptors (Lipinski definition) is 5. The van der Waals surface area contributed by atoms with Crippen LogP contribution in [-0.2, 0) is 14.8 Å². The normalized spacial score (nSPS) is 21.1. The van der Waals surface area contributed by atoms with Gasteiger partial charge in [-0.05, 0) is 12.1 Å². The summed E-state index contributed by atoms with van der Waals surface area (Å²) in [7, 11) is -4.30. The maximum atomic E-state index is 13.7. The maximum Gasteiger partial charge on any atom is 0.246 e. The molecule has 112 valence electrons. The number of nitrogen functional groups attached to an aromatic ring is 1. The number of ether oxygens (including phenoxy) is 1. The van der Waals surface area contributed by atoms with Crippen LogP contribution in [-0.4, -0.2) is 50.2 Å². The van der Waals surface area contributed by atoms with Crippen LogP contribution < -0.4 is 5.73 Å². The third-order valence-electron chi connectivity index (χ3n) is 2.99. The second-order valence-corrected chi connectivity index (χ2v) is 6.20. The first-order valence-corrected chi connectivity index (χ1v) is 7.27. The third-order valence-corrected chi connectivity index (χ3v) is 4.94. The minimum absolute atomic E-state index is 0.0118. The van der Waals surface area contributed by atoms with E-state index in [4.69, 9.17) is 10.5 Å². The number of benzene rings is 1. The van der Waals surface area contributed by atoms with Gasteiger partial charge >= 0.3 is 0 Å². The Bertz CT molecular complexity index is 609. The average molecular weight is 308 g/mol. The van der Waals surface area contributed by atoms with Crippen molar-refractivity contribution in [2.75, 3.05) is 32.1 Å². The van der Waals surface area contributed by atoms with E-state index in [1.54, 1.807) is 0 Å². The van der Waals surface area contributed by atoms with Gasteiger partial charge < -0.3 is 15.6 Å². The van der Waals surface area contributed by atoms with Gasteiger partial charge in [0.05, 0.1) is 25.9 Å². The number of halogens is 2. The fourth-order valence-electron chi connectivity index (χ4n) is 2.00. The van der Waals surface area contributed by atoms with E-state index >= 15 is 0 Å². The lowest BCUT2D eigenvalue weighted by Crippen LogP contribution is -2.50. The van der Waals surface area contributed by atoms with Crippen molar-refractivity contribution >= 4 is 15.7 Å². The lowest BCUT2D eigenvalue weighted by molar-refractivity contribution is 0.0108. The molecule has 1 aromatic rings. The van der Waals surface area contributed by atoms with Gasteiger partial charge in [-0.15, -0.1) is 0 Å². The topological polar surface area (TPSA) is 92.9 Å². The van der Waals surface area contributed by atoms with Gasteiger partial charge in [0.25, 0.3) is 0 Å². The Morgan fingerprint density at radius 3 is 2.80 bits per heavy atom. The summed E-state index contributed by atoms with van der Waals surface area (Å²) >= 11 is 0. The second-order valence-electron chi connectivity index (χ2n) is 4.34. The summed E-state index contributed by atoms with van der Waals surface area (Å²) in [6.07, 6.45) is 0. The minimum Gasteiger partial charge on any atom is -0.399 e. The van der Waals surface area contributed by atoms with E-state index in [0.29, 0.717) is 6.07 Å². The molecule has 0 saturated carbocycles. The van der Waals surface area contributed by atoms with Gasteiger partial charge in [-0.2, -0.15) is 4.31 Å². The monoisotopic (exact) mass is 308 g/mol. The SMILES string of the molecule is Nc1cc(F)c(F)c(S(=O)(=O)N2CCOCC2CO)c1. The molecule has 0 aromatic heterocycles. The Kier molecular flexibility index (Phi) is 4.23. The molecule has 0 bridgehead atoms. The number of nitrogens with two attached hydrogens (primary N) is 1. The fourth-order valence-corrected chi connectivity index (χ4v) is 3.69. The molecule has 9 heteroatoms. The Balaban J connectivity index is 2.49. The highest BCUT2D eigenvalue weighted by atomic mass is 32.2. The molecule has 0 aliphatic carbocycles. The van der Waals surface area contributed by atoms with Crippen molar-refractivity contribution in [2.24, 2.45) is 0 Å². The molecular formula is C11H14F2N2O4S. The molecule has 6 nitrogen and oxygen atoms in total. The Hall–Kier alpha value is -1.29. The van der Waals surface area contributed by atoms with E-state index in [9.17, 15) is 22.3 Å². The van der Waals surface area contributed by atoms with Crippen molar-refractivity contribution in [3.63, 3.8) is 0 Å². The molecule has 2 rings (SSSR count). The molecule has 1 saturated heterocycles. The third kappa shape index (κ3) is 2.62. The van der Waals surface area contributed by atoms with E-state index in [-0.39, 0.29) is 25.4 Å². The van der Waals surface area contributed by atoms with Crippen LogP contribution in [0.5, 0.6) is 0 Å². The molecule has 1 aliphatic rings. The van der Waals surface area contributed by atoms with Crippen LogP contribution in [0.25, 0.3) is 0 Å². The number of morpholine rings is 1. The fraction of sp³-hybridized carbons (Fsp3) is 0.455. The number of rotatable bonds is 3. The van der Waals surface area contributed by atoms with E-state index in [1.165, 1.54) is 0 Å². The summed E-state index contributed by atoms with van der Waals surface area (Å²) in [6, 6.07) is 0.729. The summed E-state index contributed by atoms with van der Waals surface area (Å²) < 4.78 is 57.7. The van der Waals surface area contributed by atoms with Crippen molar-refractivity contribution in [3.8, 4) is 0 Å². The van der Waals surface area contributed by atoms with E-state index in [0.717, 1.165) is 10.4 Å². The Morgan fingerprint density at radius 1 is 1.45 bits per heavy atom. The molecule has 1 unspecified atom stereocenters. The van der Waals surface area contributed by atoms with Gasteiger partial charge in [-0.3, -0.25) is 0 Å². The van der Waals surface area contributed by atoms with Crippen LogP contribution in [0, 0.1) is 11.6 Å². The number of nitrogens with zero attached hydrogens (tertiary/aromatic N) is 1. The van der Waals surface area contributed by atoms with Crippen LogP contribution in [0.4, 0.5) is 14.5 Å². The molecule has 0 radical (unpaired) electrons. The van der Waals surface area contributed by atoms with Crippen molar-refractivity contribution in [3.05, 3.63) is 23.8 Å². The number of sulfonamides is 1. The summed E-state index contributed by atoms with van der Waals surface area (Å²) in [5, 5.41) is 9.17. The zero-order chi connectivity index (χ0) is 14.9. The quantitative estimate of drug-likeness (QED) is 0.763. The predicted molar refractivity (Wildman–Crippen MR) is 66.4 cm³/mol. The standard InChI is InChI=1S/C11H14F2N2O4S/c12-9-3-7(14)4-10(11(9)13)20(17,18)15-1-2-19-6-8(15)5-16/h3-4,8,16H,1-2,5-6,14H2. The number of aliphatic hydroxyl groups excluding tert-OH is 1. The van der Waals surface area contributed by atoms with Gasteiger partial charge in [-0.25, -0.2) is 17.2 Å². The van der Waals surface area contributed by atoms with Crippen LogP contribution in [0.15, 0.2) is 17.0 Å². The predicted octanol–water partition coefficient (Wildman–Crippen LogP) is -0.0712. The molecule has 0 spiro atoms. The molecule has 3 N–H and O–H groups in total. The van der Waals surface area contributed by atoms with E-state index in [2.05, 4.69) is 0 Å². The zero-order valence-electron chi connectivity index (χ0n) is 10.4. The van der Waals surface area contributed by atoms with Crippen LogP contribution in [0.1, 0.15) is 0 Å². The summed E-state index contributed by atoms with van der Waals surface area (Å²) in [6.45, 7) is -0.431. The molecule has 1 fully saturated rings. The Morgan fingerprint density at radius 2 is 2.15 bits per heavy atom. The first-order chi connectivity index (χ1) is 9.37. The largest absolute Gasteiger partial charge is 0.399 e. The van der Waals surface area contributed by atoms with Gasteiger partial charge in [0.1, 0.15) is 4.90 Å². The number of hydrogen-bond donors (Lipinski definition) is 2. The lowest BCUT2D eigenvalue weighted by atomic mass is 10.3.